The van der Waals surface area contributed by atoms with Gasteiger partial charge in [-0.2, -0.15) is 10.2 Å². The average Bonchev–Trinajstić information content (AvgIpc) is 2.84. The predicted molar refractivity (Wildman–Crippen MR) is 145 cm³/mol. The molecule has 0 unspecified atom stereocenters. The highest BCUT2D eigenvalue weighted by molar-refractivity contribution is 6.01. The van der Waals surface area contributed by atoms with Crippen LogP contribution in [0, 0.1) is 13.8 Å². The van der Waals surface area contributed by atoms with E-state index in [2.05, 4.69) is 26.0 Å². The van der Waals surface area contributed by atoms with Gasteiger partial charge in [-0.3, -0.25) is 14.6 Å². The van der Waals surface area contributed by atoms with Crippen molar-refractivity contribution >= 4 is 35.6 Å². The first kappa shape index (κ1) is 26.1. The molecule has 2 amide bonds. The number of hydrogen-bond acceptors (Lipinski definition) is 7. The molecule has 0 fully saturated rings. The first-order valence-corrected chi connectivity index (χ1v) is 11.4. The summed E-state index contributed by atoms with van der Waals surface area (Å²) >= 11 is 0. The highest BCUT2D eigenvalue weighted by Gasteiger charge is 2.17. The minimum atomic E-state index is -0.459. The fraction of sp³-hybridized carbons (Fsp3) is 0.222. The summed E-state index contributed by atoms with van der Waals surface area (Å²) < 4.78 is 0. The highest BCUT2D eigenvalue weighted by atomic mass is 16.2. The molecule has 3 aromatic rings. The fourth-order valence-corrected chi connectivity index (χ4v) is 3.35. The van der Waals surface area contributed by atoms with Gasteiger partial charge in [-0.25, -0.2) is 10.9 Å². The van der Waals surface area contributed by atoms with E-state index in [0.717, 1.165) is 22.5 Å². The molecular weight excluding hydrogens is 454 g/mol. The SMILES string of the molecule is Cc1nc(C)c(C(=O)NN=Cc2ccc(N(C)C)cc2)cc1C(=O)NN=Cc1ccc(N(C)C)cc1. The van der Waals surface area contributed by atoms with Gasteiger partial charge in [0, 0.05) is 39.6 Å². The van der Waals surface area contributed by atoms with Crippen molar-refractivity contribution in [2.24, 2.45) is 10.2 Å². The van der Waals surface area contributed by atoms with Crippen molar-refractivity contribution in [1.82, 2.24) is 15.8 Å². The maximum absolute atomic E-state index is 12.7. The molecule has 0 aliphatic rings. The van der Waals surface area contributed by atoms with Crippen molar-refractivity contribution in [2.45, 2.75) is 13.8 Å². The van der Waals surface area contributed by atoms with Crippen molar-refractivity contribution < 1.29 is 9.59 Å². The van der Waals surface area contributed by atoms with Gasteiger partial charge in [-0.1, -0.05) is 24.3 Å². The summed E-state index contributed by atoms with van der Waals surface area (Å²) in [5.74, 6) is -0.917. The molecule has 0 atom stereocenters. The van der Waals surface area contributed by atoms with Crippen LogP contribution in [0.3, 0.4) is 0 Å². The number of aryl methyl sites for hydroxylation is 2. The summed E-state index contributed by atoms with van der Waals surface area (Å²) in [6.07, 6.45) is 3.11. The van der Waals surface area contributed by atoms with E-state index < -0.39 is 11.8 Å². The largest absolute Gasteiger partial charge is 0.378 e. The molecule has 0 bridgehead atoms. The first-order chi connectivity index (χ1) is 17.2. The Balaban J connectivity index is 1.66. The van der Waals surface area contributed by atoms with Crippen LogP contribution >= 0.6 is 0 Å². The van der Waals surface area contributed by atoms with Crippen LogP contribution in [0.15, 0.2) is 64.8 Å². The molecule has 36 heavy (non-hydrogen) atoms. The molecule has 9 nitrogen and oxygen atoms in total. The number of nitrogens with zero attached hydrogens (tertiary/aromatic N) is 5. The molecule has 9 heteroatoms. The van der Waals surface area contributed by atoms with Crippen LogP contribution in [0.25, 0.3) is 0 Å². The van der Waals surface area contributed by atoms with Crippen molar-refractivity contribution in [1.29, 1.82) is 0 Å². The lowest BCUT2D eigenvalue weighted by Crippen LogP contribution is -2.23. The summed E-state index contributed by atoms with van der Waals surface area (Å²) in [6, 6.07) is 17.0. The molecule has 186 valence electrons. The van der Waals surface area contributed by atoms with Crippen molar-refractivity contribution in [3.63, 3.8) is 0 Å². The zero-order valence-corrected chi connectivity index (χ0v) is 21.4. The Bertz CT molecular complexity index is 1180. The molecule has 0 saturated heterocycles. The Morgan fingerprint density at radius 1 is 0.694 bits per heavy atom. The second-order valence-electron chi connectivity index (χ2n) is 8.62. The van der Waals surface area contributed by atoms with Gasteiger partial charge in [0.1, 0.15) is 0 Å². The van der Waals surface area contributed by atoms with Crippen molar-refractivity contribution in [3.05, 3.63) is 88.2 Å². The number of nitrogens with one attached hydrogen (secondary N) is 2. The third kappa shape index (κ3) is 6.75. The number of hydrogen-bond donors (Lipinski definition) is 2. The predicted octanol–water partition coefficient (Wildman–Crippen LogP) is 3.36. The first-order valence-electron chi connectivity index (χ1n) is 11.4. The molecule has 1 aromatic heterocycles. The molecule has 0 saturated carbocycles. The molecule has 3 rings (SSSR count). The van der Waals surface area contributed by atoms with E-state index in [1.807, 2.05) is 86.5 Å². The normalized spacial score (nSPS) is 11.1. The maximum Gasteiger partial charge on any atom is 0.273 e. The van der Waals surface area contributed by atoms with Crippen LogP contribution in [0.2, 0.25) is 0 Å². The molecule has 1 heterocycles. The monoisotopic (exact) mass is 485 g/mol. The quantitative estimate of drug-likeness (QED) is 0.376. The van der Waals surface area contributed by atoms with Crippen LogP contribution in [-0.2, 0) is 0 Å². The lowest BCUT2D eigenvalue weighted by Gasteiger charge is -2.11. The second kappa shape index (κ2) is 11.7. The number of amides is 2. The van der Waals surface area contributed by atoms with E-state index in [1.165, 1.54) is 6.07 Å². The Morgan fingerprint density at radius 3 is 1.39 bits per heavy atom. The Kier molecular flexibility index (Phi) is 8.51. The third-order valence-corrected chi connectivity index (χ3v) is 5.47. The van der Waals surface area contributed by atoms with Crippen LogP contribution in [-0.4, -0.2) is 57.4 Å². The van der Waals surface area contributed by atoms with Crippen LogP contribution < -0.4 is 20.7 Å². The topological polar surface area (TPSA) is 102 Å². The molecule has 0 aliphatic heterocycles. The Labute approximate surface area is 211 Å². The van der Waals surface area contributed by atoms with E-state index in [4.69, 9.17) is 0 Å². The zero-order valence-electron chi connectivity index (χ0n) is 21.4. The van der Waals surface area contributed by atoms with E-state index >= 15 is 0 Å². The number of carbonyl (C=O) groups excluding carboxylic acids is 2. The lowest BCUT2D eigenvalue weighted by molar-refractivity contribution is 0.0954. The van der Waals surface area contributed by atoms with E-state index in [1.54, 1.807) is 26.3 Å². The van der Waals surface area contributed by atoms with Crippen molar-refractivity contribution in [2.75, 3.05) is 38.0 Å². The standard InChI is InChI=1S/C27H31N7O2/c1-18-24(26(35)31-28-16-20-7-11-22(12-8-20)33(3)4)15-25(19(2)30-18)27(36)32-29-17-21-9-13-23(14-10-21)34(5)6/h7-17H,1-6H3,(H,31,35)(H,32,36). The van der Waals surface area contributed by atoms with Crippen LogP contribution in [0.5, 0.6) is 0 Å². The molecule has 0 radical (unpaired) electrons. The average molecular weight is 486 g/mol. The zero-order chi connectivity index (χ0) is 26.2. The minimum absolute atomic E-state index is 0.258. The van der Waals surface area contributed by atoms with Crippen LogP contribution in [0.4, 0.5) is 11.4 Å². The Morgan fingerprint density at radius 2 is 1.06 bits per heavy atom. The van der Waals surface area contributed by atoms with Gasteiger partial charge in [0.15, 0.2) is 0 Å². The van der Waals surface area contributed by atoms with E-state index in [-0.39, 0.29) is 11.1 Å². The molecule has 0 spiro atoms. The van der Waals surface area contributed by atoms with Gasteiger partial charge in [0.25, 0.3) is 11.8 Å². The third-order valence-electron chi connectivity index (χ3n) is 5.47. The van der Waals surface area contributed by atoms with Crippen molar-refractivity contribution in [3.8, 4) is 0 Å². The summed E-state index contributed by atoms with van der Waals surface area (Å²) in [4.78, 5) is 33.8. The summed E-state index contributed by atoms with van der Waals surface area (Å²) in [5, 5.41) is 8.08. The number of aromatic nitrogens is 1. The van der Waals surface area contributed by atoms with E-state index in [9.17, 15) is 9.59 Å². The molecule has 2 N–H and O–H groups in total. The molecular formula is C27H31N7O2. The summed E-state index contributed by atoms with van der Waals surface area (Å²) in [7, 11) is 7.86. The molecule has 2 aromatic carbocycles. The number of rotatable bonds is 8. The maximum atomic E-state index is 12.7. The number of anilines is 2. The van der Waals surface area contributed by atoms with Crippen LogP contribution in [0.1, 0.15) is 43.2 Å². The van der Waals surface area contributed by atoms with Gasteiger partial charge in [-0.15, -0.1) is 0 Å². The summed E-state index contributed by atoms with van der Waals surface area (Å²) in [6.45, 7) is 3.42. The second-order valence-corrected chi connectivity index (χ2v) is 8.62. The number of pyridine rings is 1. The smallest absolute Gasteiger partial charge is 0.273 e. The van der Waals surface area contributed by atoms with E-state index in [0.29, 0.717) is 11.4 Å². The number of carbonyl (C=O) groups is 2. The number of benzene rings is 2. The minimum Gasteiger partial charge on any atom is -0.378 e. The Hall–Kier alpha value is -4.53. The van der Waals surface area contributed by atoms with Gasteiger partial charge in [0.05, 0.1) is 34.9 Å². The molecule has 0 aliphatic carbocycles. The lowest BCUT2D eigenvalue weighted by atomic mass is 10.1. The summed E-state index contributed by atoms with van der Waals surface area (Å²) in [5.41, 5.74) is 10.3. The van der Waals surface area contributed by atoms with Gasteiger partial charge in [0.2, 0.25) is 0 Å². The van der Waals surface area contributed by atoms with Gasteiger partial charge < -0.3 is 9.80 Å². The highest BCUT2D eigenvalue weighted by Crippen LogP contribution is 2.14. The van der Waals surface area contributed by atoms with Gasteiger partial charge >= 0.3 is 0 Å². The number of hydrazone groups is 2. The van der Waals surface area contributed by atoms with Gasteiger partial charge in [-0.05, 0) is 55.3 Å². The fourth-order valence-electron chi connectivity index (χ4n) is 3.35.